The van der Waals surface area contributed by atoms with E-state index in [1.54, 1.807) is 4.90 Å². The molecule has 6 heteroatoms. The van der Waals surface area contributed by atoms with E-state index in [1.165, 1.54) is 44.7 Å². The van der Waals surface area contributed by atoms with E-state index in [1.807, 2.05) is 7.05 Å². The van der Waals surface area contributed by atoms with Crippen molar-refractivity contribution >= 4 is 5.91 Å². The predicted molar refractivity (Wildman–Crippen MR) is 105 cm³/mol. The number of likely N-dealkylation sites (N-methyl/N-ethyl adjacent to an activating group) is 1. The summed E-state index contributed by atoms with van der Waals surface area (Å²) in [6.07, 6.45) is 13.5. The summed E-state index contributed by atoms with van der Waals surface area (Å²) in [4.78, 5) is 37.0. The summed E-state index contributed by atoms with van der Waals surface area (Å²) in [6, 6.07) is 0. The third kappa shape index (κ3) is 3.96. The number of nitrogens with one attached hydrogen (secondary N) is 1. The highest BCUT2D eigenvalue weighted by molar-refractivity contribution is 5.93. The molecule has 3 fully saturated rings. The summed E-state index contributed by atoms with van der Waals surface area (Å²) in [5.41, 5.74) is -0.0389. The molecule has 1 aliphatic heterocycles. The molecule has 1 aromatic rings. The van der Waals surface area contributed by atoms with Gasteiger partial charge < -0.3 is 9.88 Å². The molecule has 2 saturated carbocycles. The second-order valence-electron chi connectivity index (χ2n) is 8.78. The van der Waals surface area contributed by atoms with E-state index >= 15 is 0 Å². The third-order valence-corrected chi connectivity index (χ3v) is 6.70. The molecule has 0 atom stereocenters. The van der Waals surface area contributed by atoms with E-state index in [4.69, 9.17) is 0 Å². The first-order valence-corrected chi connectivity index (χ1v) is 10.7. The second kappa shape index (κ2) is 7.74. The molecule has 1 N–H and O–H groups in total. The average molecular weight is 373 g/mol. The molecule has 27 heavy (non-hydrogen) atoms. The van der Waals surface area contributed by atoms with E-state index in [0.717, 1.165) is 44.6 Å². The molecular weight excluding hydrogens is 340 g/mol. The lowest BCUT2D eigenvalue weighted by Crippen LogP contribution is -2.58. The van der Waals surface area contributed by atoms with Crippen molar-refractivity contribution in [1.82, 2.24) is 19.8 Å². The molecule has 0 aromatic carbocycles. The number of nitrogens with zero attached hydrogens (tertiary/aromatic N) is 3. The summed E-state index contributed by atoms with van der Waals surface area (Å²) in [5.74, 6) is 0.911. The van der Waals surface area contributed by atoms with E-state index in [9.17, 15) is 9.59 Å². The zero-order valence-corrected chi connectivity index (χ0v) is 16.5. The van der Waals surface area contributed by atoms with Crippen LogP contribution in [-0.2, 0) is 0 Å². The topological polar surface area (TPSA) is 69.3 Å². The monoisotopic (exact) mass is 372 g/mol. The number of likely N-dealkylation sites (tertiary alicyclic amines) is 1. The number of aromatic nitrogens is 2. The summed E-state index contributed by atoms with van der Waals surface area (Å²) in [7, 11) is 1.84. The molecule has 1 amide bonds. The smallest absolute Gasteiger partial charge is 0.263 e. The molecule has 4 rings (SSSR count). The predicted octanol–water partition coefficient (Wildman–Crippen LogP) is 2.91. The first kappa shape index (κ1) is 18.7. The highest BCUT2D eigenvalue weighted by Gasteiger charge is 2.40. The minimum absolute atomic E-state index is 0.0806. The van der Waals surface area contributed by atoms with Crippen molar-refractivity contribution in [3.63, 3.8) is 0 Å². The molecule has 2 heterocycles. The molecular formula is C21H32N4O2. The maximum atomic E-state index is 13.0. The van der Waals surface area contributed by atoms with Crippen LogP contribution in [0.2, 0.25) is 0 Å². The summed E-state index contributed by atoms with van der Waals surface area (Å²) in [6.45, 7) is 2.98. The minimum atomic E-state index is -0.292. The Balaban J connectivity index is 1.50. The van der Waals surface area contributed by atoms with Crippen LogP contribution < -0.4 is 5.56 Å². The van der Waals surface area contributed by atoms with Crippen molar-refractivity contribution in [1.29, 1.82) is 0 Å². The Kier molecular flexibility index (Phi) is 5.35. The summed E-state index contributed by atoms with van der Waals surface area (Å²) in [5, 5.41) is 0. The second-order valence-corrected chi connectivity index (χ2v) is 8.78. The fourth-order valence-electron chi connectivity index (χ4n) is 5.00. The highest BCUT2D eigenvalue weighted by Crippen LogP contribution is 2.38. The Labute approximate surface area is 161 Å². The Hall–Kier alpha value is -1.69. The van der Waals surface area contributed by atoms with Crippen molar-refractivity contribution in [2.45, 2.75) is 75.7 Å². The van der Waals surface area contributed by atoms with Gasteiger partial charge in [-0.3, -0.25) is 14.5 Å². The zero-order valence-electron chi connectivity index (χ0n) is 16.5. The number of rotatable bonds is 5. The normalized spacial score (nSPS) is 23.1. The number of carbonyl (C=O) groups is 1. The molecule has 0 unspecified atom stereocenters. The van der Waals surface area contributed by atoms with Crippen molar-refractivity contribution in [3.8, 4) is 0 Å². The summed E-state index contributed by atoms with van der Waals surface area (Å²) >= 11 is 0. The third-order valence-electron chi connectivity index (χ3n) is 6.70. The van der Waals surface area contributed by atoms with Gasteiger partial charge in [-0.1, -0.05) is 25.7 Å². The van der Waals surface area contributed by atoms with E-state index < -0.39 is 0 Å². The summed E-state index contributed by atoms with van der Waals surface area (Å²) < 4.78 is 0. The molecule has 148 valence electrons. The quantitative estimate of drug-likeness (QED) is 0.863. The molecule has 2 aliphatic carbocycles. The van der Waals surface area contributed by atoms with E-state index in [-0.39, 0.29) is 22.6 Å². The van der Waals surface area contributed by atoms with Gasteiger partial charge in [0.25, 0.3) is 11.5 Å². The number of carbonyl (C=O) groups excluding carboxylic acids is 1. The lowest BCUT2D eigenvalue weighted by Gasteiger charge is -2.49. The zero-order chi connectivity index (χ0) is 18.9. The number of amides is 1. The van der Waals surface area contributed by atoms with Crippen LogP contribution in [0.1, 0.15) is 86.3 Å². The molecule has 0 radical (unpaired) electrons. The Morgan fingerprint density at radius 3 is 2.48 bits per heavy atom. The Morgan fingerprint density at radius 1 is 1.19 bits per heavy atom. The standard InChI is InChI=1S/C21H32N4O2/c1-24(20(27)17-14-22-18(16-8-9-16)23-19(17)26)15-21(10-4-2-5-11-21)25-12-6-3-7-13-25/h14,16H,2-13,15H2,1H3,(H,22,23,26). The fraction of sp³-hybridized carbons (Fsp3) is 0.762. The first-order valence-electron chi connectivity index (χ1n) is 10.7. The van der Waals surface area contributed by atoms with Crippen molar-refractivity contribution in [2.75, 3.05) is 26.7 Å². The largest absolute Gasteiger partial charge is 0.340 e. The van der Waals surface area contributed by atoms with Crippen LogP contribution in [0, 0.1) is 0 Å². The molecule has 1 aromatic heterocycles. The van der Waals surface area contributed by atoms with Crippen LogP contribution in [-0.4, -0.2) is 57.9 Å². The Morgan fingerprint density at radius 2 is 1.85 bits per heavy atom. The average Bonchev–Trinajstić information content (AvgIpc) is 3.54. The van der Waals surface area contributed by atoms with Gasteiger partial charge >= 0.3 is 0 Å². The van der Waals surface area contributed by atoms with Crippen LogP contribution in [0.5, 0.6) is 0 Å². The van der Waals surface area contributed by atoms with E-state index in [2.05, 4.69) is 14.9 Å². The van der Waals surface area contributed by atoms with Gasteiger partial charge in [0.05, 0.1) is 0 Å². The van der Waals surface area contributed by atoms with Crippen LogP contribution in [0.4, 0.5) is 0 Å². The van der Waals surface area contributed by atoms with Gasteiger partial charge in [-0.2, -0.15) is 0 Å². The molecule has 6 nitrogen and oxygen atoms in total. The maximum absolute atomic E-state index is 13.0. The van der Waals surface area contributed by atoms with Crippen LogP contribution in [0.3, 0.4) is 0 Å². The number of piperidine rings is 1. The van der Waals surface area contributed by atoms with Crippen LogP contribution in [0.15, 0.2) is 11.0 Å². The van der Waals surface area contributed by atoms with Crippen LogP contribution >= 0.6 is 0 Å². The molecule has 0 bridgehead atoms. The van der Waals surface area contributed by atoms with Gasteiger partial charge in [0.1, 0.15) is 11.4 Å². The maximum Gasteiger partial charge on any atom is 0.263 e. The van der Waals surface area contributed by atoms with Crippen LogP contribution in [0.25, 0.3) is 0 Å². The van der Waals surface area contributed by atoms with Gasteiger partial charge in [-0.25, -0.2) is 4.98 Å². The fourth-order valence-corrected chi connectivity index (χ4v) is 5.00. The van der Waals surface area contributed by atoms with Gasteiger partial charge in [-0.15, -0.1) is 0 Å². The number of hydrogen-bond donors (Lipinski definition) is 1. The van der Waals surface area contributed by atoms with Gasteiger partial charge in [-0.05, 0) is 51.6 Å². The minimum Gasteiger partial charge on any atom is -0.340 e. The van der Waals surface area contributed by atoms with Gasteiger partial charge in [0.15, 0.2) is 0 Å². The molecule has 0 spiro atoms. The number of aromatic amines is 1. The first-order chi connectivity index (χ1) is 13.1. The SMILES string of the molecule is CN(CC1(N2CCCCC2)CCCCC1)C(=O)c1cnc(C2CC2)[nH]c1=O. The Bertz CT molecular complexity index is 728. The lowest BCUT2D eigenvalue weighted by atomic mass is 9.78. The van der Waals surface area contributed by atoms with Crippen molar-refractivity contribution < 1.29 is 4.79 Å². The number of hydrogen-bond acceptors (Lipinski definition) is 4. The molecule has 3 aliphatic rings. The van der Waals surface area contributed by atoms with Gasteiger partial charge in [0.2, 0.25) is 0 Å². The van der Waals surface area contributed by atoms with Crippen molar-refractivity contribution in [3.05, 3.63) is 27.9 Å². The van der Waals surface area contributed by atoms with Crippen molar-refractivity contribution in [2.24, 2.45) is 0 Å². The molecule has 1 saturated heterocycles. The number of H-pyrrole nitrogens is 1. The van der Waals surface area contributed by atoms with E-state index in [0.29, 0.717) is 12.5 Å². The lowest BCUT2D eigenvalue weighted by molar-refractivity contribution is 0.00984. The van der Waals surface area contributed by atoms with Gasteiger partial charge in [0, 0.05) is 31.2 Å². The highest BCUT2D eigenvalue weighted by atomic mass is 16.2.